The number of hydrogen-bond acceptors (Lipinski definition) is 2. The first-order chi connectivity index (χ1) is 8.78. The van der Waals surface area contributed by atoms with E-state index >= 15 is 0 Å². The summed E-state index contributed by atoms with van der Waals surface area (Å²) >= 11 is 0. The molecule has 2 nitrogen and oxygen atoms in total. The maximum atomic E-state index is 11.9. The number of halogens is 3. The predicted molar refractivity (Wildman–Crippen MR) is 69.1 cm³/mol. The molecule has 19 heavy (non-hydrogen) atoms. The summed E-state index contributed by atoms with van der Waals surface area (Å²) in [6, 6.07) is 7.53. The van der Waals surface area contributed by atoms with Crippen LogP contribution >= 0.6 is 0 Å². The highest BCUT2D eigenvalue weighted by atomic mass is 19.4. The predicted octanol–water partition coefficient (Wildman–Crippen LogP) is 3.26. The van der Waals surface area contributed by atoms with Crippen LogP contribution in [-0.2, 0) is 11.2 Å². The number of nitrogens with two attached hydrogens (primary N) is 1. The Morgan fingerprint density at radius 3 is 2.21 bits per heavy atom. The Labute approximate surface area is 111 Å². The summed E-state index contributed by atoms with van der Waals surface area (Å²) in [7, 11) is 0. The summed E-state index contributed by atoms with van der Waals surface area (Å²) in [5.41, 5.74) is 7.97. The molecule has 1 aromatic carbocycles. The maximum Gasteiger partial charge on any atom is 0.411 e. The minimum Gasteiger partial charge on any atom is -0.370 e. The zero-order chi connectivity index (χ0) is 14.5. The molecule has 5 heteroatoms. The fourth-order valence-corrected chi connectivity index (χ4v) is 1.73. The van der Waals surface area contributed by atoms with Crippen molar-refractivity contribution in [2.24, 2.45) is 5.73 Å². The molecule has 0 spiro atoms. The first-order valence-electron chi connectivity index (χ1n) is 6.27. The molecule has 1 aromatic rings. The van der Waals surface area contributed by atoms with Gasteiger partial charge in [-0.05, 0) is 23.5 Å². The van der Waals surface area contributed by atoms with E-state index in [1.165, 1.54) is 5.56 Å². The SMILES string of the molecule is CC(C)c1ccc(CC(N)COCC(F)(F)F)cc1. The average molecular weight is 275 g/mol. The number of rotatable bonds is 6. The van der Waals surface area contributed by atoms with Crippen LogP contribution in [0.1, 0.15) is 30.9 Å². The molecule has 2 N–H and O–H groups in total. The van der Waals surface area contributed by atoms with Gasteiger partial charge >= 0.3 is 6.18 Å². The fourth-order valence-electron chi connectivity index (χ4n) is 1.73. The molecular formula is C14H20F3NO. The summed E-state index contributed by atoms with van der Waals surface area (Å²) in [5, 5.41) is 0. The molecule has 0 aliphatic carbocycles. The second-order valence-corrected chi connectivity index (χ2v) is 4.99. The summed E-state index contributed by atoms with van der Waals surface area (Å²) < 4.78 is 40.2. The van der Waals surface area contributed by atoms with E-state index in [2.05, 4.69) is 18.6 Å². The molecule has 0 aliphatic rings. The third-order valence-corrected chi connectivity index (χ3v) is 2.74. The average Bonchev–Trinajstić information content (AvgIpc) is 2.27. The molecule has 0 aliphatic heterocycles. The molecule has 0 heterocycles. The summed E-state index contributed by atoms with van der Waals surface area (Å²) in [4.78, 5) is 0. The minimum absolute atomic E-state index is 0.0918. The van der Waals surface area contributed by atoms with Gasteiger partial charge in [0, 0.05) is 6.04 Å². The summed E-state index contributed by atoms with van der Waals surface area (Å²) in [6.07, 6.45) is -3.78. The van der Waals surface area contributed by atoms with Crippen molar-refractivity contribution in [2.45, 2.75) is 38.4 Å². The number of ether oxygens (including phenoxy) is 1. The second kappa shape index (κ2) is 6.91. The lowest BCUT2D eigenvalue weighted by Gasteiger charge is -2.14. The van der Waals surface area contributed by atoms with Crippen LogP contribution in [0.5, 0.6) is 0 Å². The van der Waals surface area contributed by atoms with Gasteiger partial charge in [0.25, 0.3) is 0 Å². The molecule has 1 rings (SSSR count). The van der Waals surface area contributed by atoms with Gasteiger partial charge < -0.3 is 10.5 Å². The molecule has 0 radical (unpaired) electrons. The maximum absolute atomic E-state index is 11.9. The van der Waals surface area contributed by atoms with E-state index in [-0.39, 0.29) is 6.61 Å². The van der Waals surface area contributed by atoms with Gasteiger partial charge in [0.05, 0.1) is 6.61 Å². The highest BCUT2D eigenvalue weighted by molar-refractivity contribution is 5.25. The Bertz CT molecular complexity index is 373. The second-order valence-electron chi connectivity index (χ2n) is 4.99. The quantitative estimate of drug-likeness (QED) is 0.865. The van der Waals surface area contributed by atoms with Crippen molar-refractivity contribution < 1.29 is 17.9 Å². The first-order valence-corrected chi connectivity index (χ1v) is 6.27. The van der Waals surface area contributed by atoms with E-state index in [0.717, 1.165) is 5.56 Å². The van der Waals surface area contributed by atoms with E-state index in [9.17, 15) is 13.2 Å². The van der Waals surface area contributed by atoms with Crippen molar-refractivity contribution in [3.8, 4) is 0 Å². The van der Waals surface area contributed by atoms with Crippen LogP contribution < -0.4 is 5.73 Å². The Morgan fingerprint density at radius 1 is 1.16 bits per heavy atom. The lowest BCUT2D eigenvalue weighted by Crippen LogP contribution is -2.31. The molecule has 108 valence electrons. The van der Waals surface area contributed by atoms with Gasteiger partial charge in [-0.2, -0.15) is 13.2 Å². The highest BCUT2D eigenvalue weighted by Crippen LogP contribution is 2.16. The van der Waals surface area contributed by atoms with Crippen LogP contribution in [0, 0.1) is 0 Å². The zero-order valence-corrected chi connectivity index (χ0v) is 11.2. The first kappa shape index (κ1) is 16.0. The van der Waals surface area contributed by atoms with E-state index in [1.54, 1.807) is 0 Å². The Hall–Kier alpha value is -1.07. The smallest absolute Gasteiger partial charge is 0.370 e. The number of hydrogen-bond donors (Lipinski definition) is 1. The van der Waals surface area contributed by atoms with Gasteiger partial charge in [-0.3, -0.25) is 0 Å². The normalized spacial score (nSPS) is 13.8. The largest absolute Gasteiger partial charge is 0.411 e. The van der Waals surface area contributed by atoms with Gasteiger partial charge in [0.2, 0.25) is 0 Å². The van der Waals surface area contributed by atoms with E-state index in [4.69, 9.17) is 5.73 Å². The summed E-state index contributed by atoms with van der Waals surface area (Å²) in [5.74, 6) is 0.456. The van der Waals surface area contributed by atoms with Crippen LogP contribution in [0.3, 0.4) is 0 Å². The van der Waals surface area contributed by atoms with Crippen LogP contribution in [0.4, 0.5) is 13.2 Å². The Kier molecular flexibility index (Phi) is 5.82. The lowest BCUT2D eigenvalue weighted by atomic mass is 9.99. The molecule has 0 saturated carbocycles. The third kappa shape index (κ3) is 6.59. The van der Waals surface area contributed by atoms with Crippen molar-refractivity contribution in [1.29, 1.82) is 0 Å². The van der Waals surface area contributed by atoms with E-state index < -0.39 is 18.8 Å². The molecule has 0 saturated heterocycles. The molecule has 1 atom stereocenters. The monoisotopic (exact) mass is 275 g/mol. The zero-order valence-electron chi connectivity index (χ0n) is 11.2. The van der Waals surface area contributed by atoms with Crippen LogP contribution in [-0.4, -0.2) is 25.4 Å². The van der Waals surface area contributed by atoms with Crippen LogP contribution in [0.2, 0.25) is 0 Å². The molecule has 1 unspecified atom stereocenters. The molecule has 0 amide bonds. The molecule has 0 bridgehead atoms. The Balaban J connectivity index is 2.38. The van der Waals surface area contributed by atoms with Gasteiger partial charge in [-0.15, -0.1) is 0 Å². The highest BCUT2D eigenvalue weighted by Gasteiger charge is 2.27. The van der Waals surface area contributed by atoms with Crippen LogP contribution in [0.15, 0.2) is 24.3 Å². The summed E-state index contributed by atoms with van der Waals surface area (Å²) in [6.45, 7) is 2.87. The minimum atomic E-state index is -4.29. The molecule has 0 fully saturated rings. The van der Waals surface area contributed by atoms with Gasteiger partial charge in [0.1, 0.15) is 6.61 Å². The van der Waals surface area contributed by atoms with Crippen molar-refractivity contribution in [3.63, 3.8) is 0 Å². The van der Waals surface area contributed by atoms with Gasteiger partial charge in [0.15, 0.2) is 0 Å². The lowest BCUT2D eigenvalue weighted by molar-refractivity contribution is -0.174. The van der Waals surface area contributed by atoms with Crippen molar-refractivity contribution >= 4 is 0 Å². The van der Waals surface area contributed by atoms with Crippen molar-refractivity contribution in [2.75, 3.05) is 13.2 Å². The van der Waals surface area contributed by atoms with Crippen molar-refractivity contribution in [3.05, 3.63) is 35.4 Å². The van der Waals surface area contributed by atoms with E-state index in [0.29, 0.717) is 12.3 Å². The number of alkyl halides is 3. The van der Waals surface area contributed by atoms with Gasteiger partial charge in [-0.25, -0.2) is 0 Å². The standard InChI is InChI=1S/C14H20F3NO/c1-10(2)12-5-3-11(4-6-12)7-13(18)8-19-9-14(15,16)17/h3-6,10,13H,7-9,18H2,1-2H3. The topological polar surface area (TPSA) is 35.2 Å². The van der Waals surface area contributed by atoms with E-state index in [1.807, 2.05) is 24.3 Å². The molecule has 0 aromatic heterocycles. The third-order valence-electron chi connectivity index (χ3n) is 2.74. The molecular weight excluding hydrogens is 255 g/mol. The number of benzene rings is 1. The van der Waals surface area contributed by atoms with Crippen LogP contribution in [0.25, 0.3) is 0 Å². The van der Waals surface area contributed by atoms with Gasteiger partial charge in [-0.1, -0.05) is 38.1 Å². The van der Waals surface area contributed by atoms with Crippen molar-refractivity contribution in [1.82, 2.24) is 0 Å². The fraction of sp³-hybridized carbons (Fsp3) is 0.571. The Morgan fingerprint density at radius 2 is 1.74 bits per heavy atom.